The monoisotopic (exact) mass is 87.1 g/mol. The normalized spacial score (nSPS) is 14.5. The van der Waals surface area contributed by atoms with Gasteiger partial charge in [-0.2, -0.15) is 0 Å². The van der Waals surface area contributed by atoms with E-state index >= 15 is 0 Å². The summed E-state index contributed by atoms with van der Waals surface area (Å²) in [6, 6.07) is 0. The van der Waals surface area contributed by atoms with Crippen LogP contribution in [0, 0.1) is 6.92 Å². The molecule has 0 aromatic carbocycles. The molecule has 0 saturated carbocycles. The zero-order valence-corrected chi connectivity index (χ0v) is 4.07. The van der Waals surface area contributed by atoms with Crippen LogP contribution in [0.4, 0.5) is 0 Å². The predicted molar refractivity (Wildman–Crippen MR) is 27.0 cm³/mol. The van der Waals surface area contributed by atoms with Gasteiger partial charge in [-0.15, -0.1) is 0 Å². The van der Waals surface area contributed by atoms with Crippen molar-refractivity contribution in [3.63, 3.8) is 0 Å². The quantitative estimate of drug-likeness (QED) is 0.454. The van der Waals surface area contributed by atoms with Crippen molar-refractivity contribution in [2.24, 2.45) is 5.73 Å². The van der Waals surface area contributed by atoms with Crippen molar-refractivity contribution in [1.82, 2.24) is 5.32 Å². The van der Waals surface area contributed by atoms with E-state index in [1.807, 2.05) is 6.92 Å². The molecule has 0 amide bonds. The Morgan fingerprint density at radius 1 is 2.00 bits per heavy atom. The van der Waals surface area contributed by atoms with Crippen LogP contribution in [0.3, 0.4) is 0 Å². The van der Waals surface area contributed by atoms with Gasteiger partial charge in [0.05, 0.1) is 6.17 Å². The van der Waals surface area contributed by atoms with E-state index in [1.165, 1.54) is 0 Å². The van der Waals surface area contributed by atoms with Crippen molar-refractivity contribution in [1.29, 1.82) is 0 Å². The molecule has 0 heterocycles. The Kier molecular flexibility index (Phi) is 3.08. The minimum Gasteiger partial charge on any atom is -0.316 e. The first-order valence-corrected chi connectivity index (χ1v) is 2.05. The molecule has 37 valence electrons. The lowest BCUT2D eigenvalue weighted by atomic mass is 10.6. The van der Waals surface area contributed by atoms with Crippen LogP contribution in [0.5, 0.6) is 0 Å². The molecule has 2 heteroatoms. The molecule has 0 bridgehead atoms. The topological polar surface area (TPSA) is 38.0 Å². The second kappa shape index (κ2) is 3.12. The van der Waals surface area contributed by atoms with E-state index in [1.54, 1.807) is 0 Å². The van der Waals surface area contributed by atoms with Gasteiger partial charge in [-0.25, -0.2) is 0 Å². The van der Waals surface area contributed by atoms with Crippen LogP contribution in [0.1, 0.15) is 6.92 Å². The lowest BCUT2D eigenvalue weighted by molar-refractivity contribution is 0.606. The van der Waals surface area contributed by atoms with Gasteiger partial charge in [0.2, 0.25) is 0 Å². The molecule has 0 spiro atoms. The van der Waals surface area contributed by atoms with Crippen molar-refractivity contribution in [3.8, 4) is 0 Å². The van der Waals surface area contributed by atoms with E-state index in [4.69, 9.17) is 5.73 Å². The first-order valence-electron chi connectivity index (χ1n) is 2.05. The minimum absolute atomic E-state index is 0.0856. The van der Waals surface area contributed by atoms with Crippen LogP contribution in [-0.2, 0) is 0 Å². The third-order valence-corrected chi connectivity index (χ3v) is 0.466. The number of hydrogen-bond donors (Lipinski definition) is 2. The molecule has 0 saturated heterocycles. The number of hydrogen-bond acceptors (Lipinski definition) is 2. The summed E-state index contributed by atoms with van der Waals surface area (Å²) in [5.74, 6) is 0. The van der Waals surface area contributed by atoms with Gasteiger partial charge in [0.25, 0.3) is 0 Å². The van der Waals surface area contributed by atoms with Crippen molar-refractivity contribution in [3.05, 3.63) is 6.92 Å². The second-order valence-electron chi connectivity index (χ2n) is 1.24. The van der Waals surface area contributed by atoms with Crippen LogP contribution in [-0.4, -0.2) is 12.7 Å². The Labute approximate surface area is 38.7 Å². The summed E-state index contributed by atoms with van der Waals surface area (Å²) in [5, 5.41) is 2.88. The molecule has 1 atom stereocenters. The fraction of sp³-hybridized carbons (Fsp3) is 0.750. The molecule has 3 N–H and O–H groups in total. The van der Waals surface area contributed by atoms with E-state index in [-0.39, 0.29) is 6.17 Å². The van der Waals surface area contributed by atoms with Crippen LogP contribution >= 0.6 is 0 Å². The minimum atomic E-state index is 0.0856. The van der Waals surface area contributed by atoms with Gasteiger partial charge in [0, 0.05) is 0 Å². The summed E-state index contributed by atoms with van der Waals surface area (Å²) in [6.07, 6.45) is 0.0856. The molecule has 2 nitrogen and oxygen atoms in total. The van der Waals surface area contributed by atoms with Gasteiger partial charge in [-0.3, -0.25) is 0 Å². The smallest absolute Gasteiger partial charge is 0.0517 e. The molecule has 0 aromatic rings. The fourth-order valence-corrected chi connectivity index (χ4v) is 0.228. The zero-order valence-electron chi connectivity index (χ0n) is 4.07. The number of nitrogens with two attached hydrogens (primary N) is 1. The van der Waals surface area contributed by atoms with Crippen LogP contribution in [0.25, 0.3) is 0 Å². The first-order chi connectivity index (χ1) is 2.77. The van der Waals surface area contributed by atoms with Gasteiger partial charge < -0.3 is 11.1 Å². The third kappa shape index (κ3) is 3.92. The first kappa shape index (κ1) is 5.92. The Bertz CT molecular complexity index is 26.7. The Morgan fingerprint density at radius 2 is 2.50 bits per heavy atom. The molecule has 0 rings (SSSR count). The predicted octanol–water partition coefficient (Wildman–Crippen LogP) is -0.285. The summed E-state index contributed by atoms with van der Waals surface area (Å²) in [6.45, 7) is 6.12. The van der Waals surface area contributed by atoms with Crippen molar-refractivity contribution in [2.45, 2.75) is 13.1 Å². The third-order valence-electron chi connectivity index (χ3n) is 0.466. The van der Waals surface area contributed by atoms with Gasteiger partial charge in [0.15, 0.2) is 0 Å². The molecule has 1 radical (unpaired) electrons. The standard InChI is InChI=1S/C4H11N2/c1-3-6-4(2)5/h4,6H,1,3,5H2,2H3. The zero-order chi connectivity index (χ0) is 4.99. The maximum atomic E-state index is 5.25. The summed E-state index contributed by atoms with van der Waals surface area (Å²) < 4.78 is 0. The molecule has 0 fully saturated rings. The maximum Gasteiger partial charge on any atom is 0.0517 e. The SMILES string of the molecule is [CH2]CNC(C)N. The Hall–Kier alpha value is -0.0800. The van der Waals surface area contributed by atoms with Crippen molar-refractivity contribution in [2.75, 3.05) is 6.54 Å². The van der Waals surface area contributed by atoms with Crippen molar-refractivity contribution >= 4 is 0 Å². The maximum absolute atomic E-state index is 5.25. The lowest BCUT2D eigenvalue weighted by Crippen LogP contribution is -2.33. The lowest BCUT2D eigenvalue weighted by Gasteiger charge is -2.01. The molecule has 6 heavy (non-hydrogen) atoms. The molecule has 0 aliphatic heterocycles. The van der Waals surface area contributed by atoms with Crippen LogP contribution in [0.15, 0.2) is 0 Å². The van der Waals surface area contributed by atoms with E-state index < -0.39 is 0 Å². The average molecular weight is 87.1 g/mol. The van der Waals surface area contributed by atoms with Gasteiger partial charge in [-0.05, 0) is 20.4 Å². The summed E-state index contributed by atoms with van der Waals surface area (Å²) >= 11 is 0. The van der Waals surface area contributed by atoms with Crippen molar-refractivity contribution < 1.29 is 0 Å². The summed E-state index contributed by atoms with van der Waals surface area (Å²) in [4.78, 5) is 0. The highest BCUT2D eigenvalue weighted by Gasteiger charge is 1.82. The van der Waals surface area contributed by atoms with E-state index in [2.05, 4.69) is 12.2 Å². The molecular formula is C4H11N2. The van der Waals surface area contributed by atoms with Gasteiger partial charge in [0.1, 0.15) is 0 Å². The highest BCUT2D eigenvalue weighted by Crippen LogP contribution is 1.59. The van der Waals surface area contributed by atoms with E-state index in [9.17, 15) is 0 Å². The van der Waals surface area contributed by atoms with E-state index in [0.717, 1.165) is 0 Å². The summed E-state index contributed by atoms with van der Waals surface area (Å²) in [7, 11) is 0. The van der Waals surface area contributed by atoms with E-state index in [0.29, 0.717) is 6.54 Å². The number of rotatable bonds is 2. The second-order valence-corrected chi connectivity index (χ2v) is 1.24. The highest BCUT2D eigenvalue weighted by atomic mass is 15.0. The molecule has 0 aromatic heterocycles. The average Bonchev–Trinajstić information content (AvgIpc) is 1.35. The molecular weight excluding hydrogens is 76.1 g/mol. The van der Waals surface area contributed by atoms with Gasteiger partial charge >= 0.3 is 0 Å². The van der Waals surface area contributed by atoms with Gasteiger partial charge in [-0.1, -0.05) is 0 Å². The fourth-order valence-electron chi connectivity index (χ4n) is 0.228. The molecule has 0 aliphatic carbocycles. The molecule has 1 unspecified atom stereocenters. The highest BCUT2D eigenvalue weighted by molar-refractivity contribution is 4.49. The largest absolute Gasteiger partial charge is 0.316 e. The Morgan fingerprint density at radius 3 is 2.50 bits per heavy atom. The van der Waals surface area contributed by atoms with Crippen LogP contribution in [0.2, 0.25) is 0 Å². The van der Waals surface area contributed by atoms with Crippen LogP contribution < -0.4 is 11.1 Å². The molecule has 0 aliphatic rings. The summed E-state index contributed by atoms with van der Waals surface area (Å²) in [5.41, 5.74) is 5.25. The number of nitrogens with one attached hydrogen (secondary N) is 1. The Balaban J connectivity index is 2.63.